The Morgan fingerprint density at radius 3 is 2.75 bits per heavy atom. The molecule has 0 aliphatic heterocycles. The molecule has 0 saturated heterocycles. The largest absolute Gasteiger partial charge is 0.504 e. The quantitative estimate of drug-likeness (QED) is 0.636. The van der Waals surface area contributed by atoms with Gasteiger partial charge in [0.05, 0.1) is 19.8 Å². The Balaban J connectivity index is 2.23. The maximum Gasteiger partial charge on any atom is 0.162 e. The number of nitrogens with one attached hydrogen (secondary N) is 1. The van der Waals surface area contributed by atoms with E-state index < -0.39 is 0 Å². The number of benzene rings is 1. The van der Waals surface area contributed by atoms with Crippen LogP contribution in [-0.4, -0.2) is 57.0 Å². The molecule has 5 nitrogen and oxygen atoms in total. The standard InChI is InChI=1S/C15H26N2O3/c1-4-20-14-7-5-6-13(15(14)18)12-16-8-10-19-11-9-17(2)3/h5-7,16,18H,4,8-12H2,1-3H3. The summed E-state index contributed by atoms with van der Waals surface area (Å²) >= 11 is 0. The summed E-state index contributed by atoms with van der Waals surface area (Å²) < 4.78 is 10.8. The van der Waals surface area contributed by atoms with Crippen molar-refractivity contribution in [3.8, 4) is 11.5 Å². The van der Waals surface area contributed by atoms with Crippen LogP contribution < -0.4 is 10.1 Å². The van der Waals surface area contributed by atoms with Gasteiger partial charge in [0.15, 0.2) is 11.5 Å². The summed E-state index contributed by atoms with van der Waals surface area (Å²) in [7, 11) is 4.05. The van der Waals surface area contributed by atoms with Crippen LogP contribution in [0.15, 0.2) is 18.2 Å². The van der Waals surface area contributed by atoms with Crippen LogP contribution in [0, 0.1) is 0 Å². The molecule has 0 saturated carbocycles. The third kappa shape index (κ3) is 6.23. The third-order valence-electron chi connectivity index (χ3n) is 2.80. The van der Waals surface area contributed by atoms with Crippen LogP contribution in [0.5, 0.6) is 11.5 Å². The molecule has 0 atom stereocenters. The monoisotopic (exact) mass is 282 g/mol. The number of nitrogens with zero attached hydrogens (tertiary/aromatic N) is 1. The highest BCUT2D eigenvalue weighted by atomic mass is 16.5. The fourth-order valence-electron chi connectivity index (χ4n) is 1.70. The van der Waals surface area contributed by atoms with Gasteiger partial charge >= 0.3 is 0 Å². The SMILES string of the molecule is CCOc1cccc(CNCCOCCN(C)C)c1O. The highest BCUT2D eigenvalue weighted by Gasteiger charge is 2.06. The second kappa shape index (κ2) is 9.58. The Morgan fingerprint density at radius 1 is 1.25 bits per heavy atom. The average molecular weight is 282 g/mol. The van der Waals surface area contributed by atoms with Gasteiger partial charge in [-0.15, -0.1) is 0 Å². The van der Waals surface area contributed by atoms with E-state index in [4.69, 9.17) is 9.47 Å². The summed E-state index contributed by atoms with van der Waals surface area (Å²) in [5.74, 6) is 0.754. The van der Waals surface area contributed by atoms with Gasteiger partial charge in [-0.25, -0.2) is 0 Å². The zero-order valence-corrected chi connectivity index (χ0v) is 12.7. The number of aromatic hydroxyl groups is 1. The number of rotatable bonds is 10. The molecule has 0 heterocycles. The first kappa shape index (κ1) is 16.8. The molecule has 0 bridgehead atoms. The van der Waals surface area contributed by atoms with Gasteiger partial charge in [-0.3, -0.25) is 0 Å². The van der Waals surface area contributed by atoms with Crippen LogP contribution in [0.1, 0.15) is 12.5 Å². The molecule has 114 valence electrons. The number of phenolic OH excluding ortho intramolecular Hbond substituents is 1. The van der Waals surface area contributed by atoms with Gasteiger partial charge in [-0.05, 0) is 27.1 Å². The van der Waals surface area contributed by atoms with E-state index in [9.17, 15) is 5.11 Å². The number of hydrogen-bond donors (Lipinski definition) is 2. The molecule has 5 heteroatoms. The van der Waals surface area contributed by atoms with E-state index in [1.54, 1.807) is 6.07 Å². The molecule has 0 aromatic heterocycles. The van der Waals surface area contributed by atoms with Crippen molar-refractivity contribution in [2.24, 2.45) is 0 Å². The van der Waals surface area contributed by atoms with E-state index in [-0.39, 0.29) is 5.75 Å². The van der Waals surface area contributed by atoms with Crippen LogP contribution in [-0.2, 0) is 11.3 Å². The molecule has 0 radical (unpaired) electrons. The number of phenols is 1. The number of likely N-dealkylation sites (N-methyl/N-ethyl adjacent to an activating group) is 1. The second-order valence-electron chi connectivity index (χ2n) is 4.79. The number of hydrogen-bond acceptors (Lipinski definition) is 5. The van der Waals surface area contributed by atoms with Gasteiger partial charge in [0, 0.05) is 25.2 Å². The summed E-state index contributed by atoms with van der Waals surface area (Å²) in [6, 6.07) is 5.54. The van der Waals surface area contributed by atoms with Crippen LogP contribution >= 0.6 is 0 Å². The zero-order chi connectivity index (χ0) is 14.8. The lowest BCUT2D eigenvalue weighted by molar-refractivity contribution is 0.119. The lowest BCUT2D eigenvalue weighted by Gasteiger charge is -2.12. The Hall–Kier alpha value is -1.30. The van der Waals surface area contributed by atoms with E-state index >= 15 is 0 Å². The minimum atomic E-state index is 0.218. The molecule has 0 unspecified atom stereocenters. The molecule has 0 aliphatic rings. The first-order valence-electron chi connectivity index (χ1n) is 7.02. The fraction of sp³-hybridized carbons (Fsp3) is 0.600. The highest BCUT2D eigenvalue weighted by Crippen LogP contribution is 2.29. The zero-order valence-electron chi connectivity index (χ0n) is 12.7. The molecule has 0 fully saturated rings. The number of ether oxygens (including phenoxy) is 2. The smallest absolute Gasteiger partial charge is 0.162 e. The summed E-state index contributed by atoms with van der Waals surface area (Å²) in [5, 5.41) is 13.3. The summed E-state index contributed by atoms with van der Waals surface area (Å²) in [4.78, 5) is 2.09. The van der Waals surface area contributed by atoms with Gasteiger partial charge in [0.25, 0.3) is 0 Å². The molecule has 0 aliphatic carbocycles. The first-order chi connectivity index (χ1) is 9.65. The van der Waals surface area contributed by atoms with Crippen LogP contribution in [0.3, 0.4) is 0 Å². The Labute approximate surface area is 121 Å². The minimum Gasteiger partial charge on any atom is -0.504 e. The molecule has 1 aromatic carbocycles. The normalized spacial score (nSPS) is 11.0. The van der Waals surface area contributed by atoms with Crippen molar-refractivity contribution in [3.05, 3.63) is 23.8 Å². The van der Waals surface area contributed by atoms with Gasteiger partial charge in [-0.1, -0.05) is 12.1 Å². The van der Waals surface area contributed by atoms with Gasteiger partial charge < -0.3 is 24.8 Å². The van der Waals surface area contributed by atoms with Gasteiger partial charge in [0.2, 0.25) is 0 Å². The van der Waals surface area contributed by atoms with Crippen molar-refractivity contribution in [2.75, 3.05) is 47.0 Å². The average Bonchev–Trinajstić information content (AvgIpc) is 2.41. The van der Waals surface area contributed by atoms with Crippen LogP contribution in [0.4, 0.5) is 0 Å². The first-order valence-corrected chi connectivity index (χ1v) is 7.02. The molecule has 1 rings (SSSR count). The van der Waals surface area contributed by atoms with Crippen LogP contribution in [0.2, 0.25) is 0 Å². The molecular formula is C15H26N2O3. The molecule has 20 heavy (non-hydrogen) atoms. The second-order valence-corrected chi connectivity index (χ2v) is 4.79. The van der Waals surface area contributed by atoms with Crippen molar-refractivity contribution in [1.82, 2.24) is 10.2 Å². The van der Waals surface area contributed by atoms with E-state index in [0.717, 1.165) is 25.3 Å². The van der Waals surface area contributed by atoms with E-state index in [2.05, 4.69) is 10.2 Å². The Morgan fingerprint density at radius 2 is 2.05 bits per heavy atom. The van der Waals surface area contributed by atoms with E-state index in [1.807, 2.05) is 33.2 Å². The fourth-order valence-corrected chi connectivity index (χ4v) is 1.70. The minimum absolute atomic E-state index is 0.218. The lowest BCUT2D eigenvalue weighted by Crippen LogP contribution is -2.23. The Bertz CT molecular complexity index is 383. The predicted octanol–water partition coefficient (Wildman–Crippen LogP) is 1.46. The van der Waals surface area contributed by atoms with Crippen molar-refractivity contribution >= 4 is 0 Å². The van der Waals surface area contributed by atoms with Crippen molar-refractivity contribution in [3.63, 3.8) is 0 Å². The van der Waals surface area contributed by atoms with Crippen molar-refractivity contribution < 1.29 is 14.6 Å². The Kier molecular flexibility index (Phi) is 8.02. The summed E-state index contributed by atoms with van der Waals surface area (Å²) in [6.07, 6.45) is 0. The molecule has 2 N–H and O–H groups in total. The van der Waals surface area contributed by atoms with Gasteiger partial charge in [-0.2, -0.15) is 0 Å². The van der Waals surface area contributed by atoms with Gasteiger partial charge in [0.1, 0.15) is 0 Å². The van der Waals surface area contributed by atoms with Crippen LogP contribution in [0.25, 0.3) is 0 Å². The van der Waals surface area contributed by atoms with E-state index in [0.29, 0.717) is 25.5 Å². The topological polar surface area (TPSA) is 54.0 Å². The highest BCUT2D eigenvalue weighted by molar-refractivity contribution is 5.45. The summed E-state index contributed by atoms with van der Waals surface area (Å²) in [6.45, 7) is 6.13. The maximum atomic E-state index is 10.0. The summed E-state index contributed by atoms with van der Waals surface area (Å²) in [5.41, 5.74) is 0.837. The third-order valence-corrected chi connectivity index (χ3v) is 2.80. The van der Waals surface area contributed by atoms with E-state index in [1.165, 1.54) is 0 Å². The van der Waals surface area contributed by atoms with Crippen molar-refractivity contribution in [2.45, 2.75) is 13.5 Å². The molecular weight excluding hydrogens is 256 g/mol. The maximum absolute atomic E-state index is 10.0. The molecule has 0 amide bonds. The molecule has 1 aromatic rings. The lowest BCUT2D eigenvalue weighted by atomic mass is 10.2. The van der Waals surface area contributed by atoms with Crippen molar-refractivity contribution in [1.29, 1.82) is 0 Å². The number of para-hydroxylation sites is 1. The molecule has 0 spiro atoms. The predicted molar refractivity (Wildman–Crippen MR) is 80.4 cm³/mol.